The van der Waals surface area contributed by atoms with Crippen molar-refractivity contribution < 1.29 is 23.2 Å². The summed E-state index contributed by atoms with van der Waals surface area (Å²) in [6.45, 7) is 4.68. The molecular weight excluding hydrogens is 594 g/mol. The van der Waals surface area contributed by atoms with Crippen LogP contribution in [-0.2, 0) is 27.8 Å². The zero-order valence-corrected chi connectivity index (χ0v) is 28.4. The molecule has 0 aromatic heterocycles. The van der Waals surface area contributed by atoms with E-state index < -0.39 is 10.1 Å². The number of fused-ring (bicyclic) bond motifs is 5. The number of hydrogen-bond donors (Lipinski definition) is 2. The molecule has 0 heterocycles. The average molecular weight is 646 g/mol. The highest BCUT2D eigenvalue weighted by molar-refractivity contribution is 7.85. The molecule has 0 spiro atoms. The van der Waals surface area contributed by atoms with E-state index in [9.17, 15) is 13.2 Å². The Hall–Kier alpha value is -3.36. The van der Waals surface area contributed by atoms with E-state index in [0.717, 1.165) is 38.0 Å². The van der Waals surface area contributed by atoms with E-state index in [1.54, 1.807) is 22.3 Å². The van der Waals surface area contributed by atoms with Crippen molar-refractivity contribution in [2.24, 2.45) is 17.8 Å². The Bertz CT molecular complexity index is 1760. The second-order valence-electron chi connectivity index (χ2n) is 13.2. The maximum atomic E-state index is 12.0. The first-order valence-corrected chi connectivity index (χ1v) is 18.1. The van der Waals surface area contributed by atoms with Gasteiger partial charge in [0.15, 0.2) is 0 Å². The predicted octanol–water partition coefficient (Wildman–Crippen LogP) is 8.98. The van der Waals surface area contributed by atoms with Crippen molar-refractivity contribution in [2.75, 3.05) is 6.26 Å². The minimum atomic E-state index is -3.67. The molecule has 3 atom stereocenters. The first kappa shape index (κ1) is 37.1. The molecule has 4 aromatic rings. The first-order chi connectivity index (χ1) is 21.1. The molecule has 7 rings (SSSR count). The summed E-state index contributed by atoms with van der Waals surface area (Å²) in [4.78, 5) is 12.0. The molecule has 0 radical (unpaired) electrons. The lowest BCUT2D eigenvalue weighted by atomic mass is 9.74. The van der Waals surface area contributed by atoms with Crippen LogP contribution < -0.4 is 6.15 Å². The molecular formula is C39H51NO5S. The molecule has 7 heteroatoms. The normalized spacial score (nSPS) is 20.5. The maximum absolute atomic E-state index is 12.0. The van der Waals surface area contributed by atoms with Crippen LogP contribution >= 0.6 is 0 Å². The highest BCUT2D eigenvalue weighted by Gasteiger charge is 2.26. The summed E-state index contributed by atoms with van der Waals surface area (Å²) in [6.07, 6.45) is 12.2. The van der Waals surface area contributed by atoms with Gasteiger partial charge >= 0.3 is 0 Å². The summed E-state index contributed by atoms with van der Waals surface area (Å²) in [7, 11) is -3.67. The molecule has 1 fully saturated rings. The average Bonchev–Trinajstić information content (AvgIpc) is 3.00. The third-order valence-corrected chi connectivity index (χ3v) is 9.62. The molecule has 1 saturated carbocycles. The first-order valence-electron chi connectivity index (χ1n) is 16.2. The van der Waals surface area contributed by atoms with Crippen LogP contribution in [0, 0.1) is 17.8 Å². The number of aryl methyl sites for hydroxylation is 2. The Morgan fingerprint density at radius 1 is 0.761 bits per heavy atom. The van der Waals surface area contributed by atoms with Crippen LogP contribution in [0.5, 0.6) is 0 Å². The van der Waals surface area contributed by atoms with Gasteiger partial charge in [-0.25, -0.2) is 0 Å². The highest BCUT2D eigenvalue weighted by atomic mass is 32.2. The minimum Gasteiger partial charge on any atom is -0.412 e. The highest BCUT2D eigenvalue weighted by Crippen LogP contribution is 2.43. The van der Waals surface area contributed by atoms with Crippen molar-refractivity contribution >= 4 is 43.0 Å². The van der Waals surface area contributed by atoms with E-state index in [2.05, 4.69) is 92.7 Å². The largest absolute Gasteiger partial charge is 0.412 e. The quantitative estimate of drug-likeness (QED) is 0.214. The van der Waals surface area contributed by atoms with Crippen LogP contribution in [-0.4, -0.2) is 30.5 Å². The van der Waals surface area contributed by atoms with Crippen LogP contribution in [0.3, 0.4) is 0 Å². The fourth-order valence-electron chi connectivity index (χ4n) is 7.40. The van der Waals surface area contributed by atoms with Gasteiger partial charge in [-0.1, -0.05) is 98.3 Å². The van der Waals surface area contributed by atoms with Crippen LogP contribution in [0.25, 0.3) is 27.1 Å². The standard InChI is InChI=1S/C19H22O.C19H20.CH4O3S.H3N.H2O/c1-14-9-12-19(20)17(13-14)11-10-16-7-4-6-15-5-2-3-8-18(15)16;1-13-6-9-17-15(12-13)8-11-18-16-5-3-2-4-14(16)7-10-19(17)18;1-5(2,3)4;;/h2-8,14,17H,9-13H2,1H3;2-5,7,10,13H,6,8-9,11-12H2,1H3;1H3,(H,2,3,4);1H3;1H2. The van der Waals surface area contributed by atoms with Crippen molar-refractivity contribution in [2.45, 2.75) is 78.1 Å². The van der Waals surface area contributed by atoms with Crippen LogP contribution in [0.1, 0.15) is 81.9 Å². The molecule has 0 amide bonds. The maximum Gasteiger partial charge on any atom is 0.261 e. The smallest absolute Gasteiger partial charge is 0.261 e. The lowest BCUT2D eigenvalue weighted by Gasteiger charge is -2.31. The van der Waals surface area contributed by atoms with Gasteiger partial charge in [0.2, 0.25) is 0 Å². The molecule has 3 aliphatic rings. The van der Waals surface area contributed by atoms with Gasteiger partial charge in [0.25, 0.3) is 10.1 Å². The zero-order valence-electron chi connectivity index (χ0n) is 27.6. The van der Waals surface area contributed by atoms with Gasteiger partial charge in [-0.2, -0.15) is 8.42 Å². The fourth-order valence-corrected chi connectivity index (χ4v) is 7.40. The van der Waals surface area contributed by atoms with E-state index in [0.29, 0.717) is 18.0 Å². The lowest BCUT2D eigenvalue weighted by molar-refractivity contribution is -0.125. The minimum absolute atomic E-state index is 0. The Kier molecular flexibility index (Phi) is 13.3. The van der Waals surface area contributed by atoms with Crippen LogP contribution in [0.15, 0.2) is 84.4 Å². The number of Topliss-reactive ketones (excluding diaryl/α,β-unsaturated/α-hetero) is 1. The molecule has 3 aliphatic carbocycles. The summed E-state index contributed by atoms with van der Waals surface area (Å²) < 4.78 is 25.9. The number of ketones is 1. The molecule has 6 N–H and O–H groups in total. The third kappa shape index (κ3) is 9.58. The topological polar surface area (TPSA) is 138 Å². The number of carbonyl (C=O) groups is 1. The fraction of sp³-hybridized carbons (Fsp3) is 0.410. The van der Waals surface area contributed by atoms with E-state index >= 15 is 0 Å². The Labute approximate surface area is 274 Å². The third-order valence-electron chi connectivity index (χ3n) is 9.62. The Balaban J connectivity index is 0.000000211. The van der Waals surface area contributed by atoms with Crippen molar-refractivity contribution in [3.8, 4) is 0 Å². The number of benzene rings is 4. The van der Waals surface area contributed by atoms with Crippen molar-refractivity contribution in [1.82, 2.24) is 6.15 Å². The Morgan fingerprint density at radius 2 is 1.37 bits per heavy atom. The number of hydrogen-bond acceptors (Lipinski definition) is 4. The van der Waals surface area contributed by atoms with E-state index in [4.69, 9.17) is 4.55 Å². The molecule has 248 valence electrons. The van der Waals surface area contributed by atoms with Gasteiger partial charge in [-0.15, -0.1) is 0 Å². The van der Waals surface area contributed by atoms with E-state index in [1.807, 2.05) is 0 Å². The van der Waals surface area contributed by atoms with Gasteiger partial charge in [0, 0.05) is 12.3 Å². The second-order valence-corrected chi connectivity index (χ2v) is 14.7. The number of allylic oxidation sites excluding steroid dienone is 2. The van der Waals surface area contributed by atoms with Crippen molar-refractivity contribution in [3.63, 3.8) is 0 Å². The summed E-state index contributed by atoms with van der Waals surface area (Å²) in [5.74, 6) is 2.38. The molecule has 0 aliphatic heterocycles. The molecule has 46 heavy (non-hydrogen) atoms. The van der Waals surface area contributed by atoms with E-state index in [-0.39, 0.29) is 17.5 Å². The second kappa shape index (κ2) is 16.5. The van der Waals surface area contributed by atoms with Crippen molar-refractivity contribution in [3.05, 3.63) is 101 Å². The molecule has 0 saturated heterocycles. The SMILES string of the molecule is CC1CCC(=O)C(CCc2cccc3ccccc23)C1.CC1CCC2=C(CCc3c2ccc2ccccc32)C1.CS(=O)(=O)O.N.O. The van der Waals surface area contributed by atoms with E-state index in [1.165, 1.54) is 59.2 Å². The number of carbonyl (C=O) groups excluding carboxylic acids is 1. The molecule has 3 unspecified atom stereocenters. The van der Waals surface area contributed by atoms with Crippen LogP contribution in [0.2, 0.25) is 0 Å². The molecule has 0 bridgehead atoms. The summed E-state index contributed by atoms with van der Waals surface area (Å²) in [5.41, 5.74) is 7.99. The van der Waals surface area contributed by atoms with Crippen LogP contribution in [0.4, 0.5) is 0 Å². The van der Waals surface area contributed by atoms with Gasteiger partial charge in [-0.3, -0.25) is 9.35 Å². The van der Waals surface area contributed by atoms with Gasteiger partial charge < -0.3 is 11.6 Å². The number of rotatable bonds is 3. The molecule has 4 aromatic carbocycles. The lowest BCUT2D eigenvalue weighted by Crippen LogP contribution is -2.24. The van der Waals surface area contributed by atoms with Crippen molar-refractivity contribution in [1.29, 1.82) is 0 Å². The molecule has 6 nitrogen and oxygen atoms in total. The predicted molar refractivity (Wildman–Crippen MR) is 192 cm³/mol. The Morgan fingerprint density at radius 3 is 2.09 bits per heavy atom. The van der Waals surface area contributed by atoms with Gasteiger partial charge in [-0.05, 0) is 113 Å². The van der Waals surface area contributed by atoms with Gasteiger partial charge in [0.05, 0.1) is 6.26 Å². The van der Waals surface area contributed by atoms with Gasteiger partial charge in [0.1, 0.15) is 5.78 Å². The zero-order chi connectivity index (χ0) is 31.3. The monoisotopic (exact) mass is 645 g/mol. The summed E-state index contributed by atoms with van der Waals surface area (Å²) in [6, 6.07) is 28.6. The summed E-state index contributed by atoms with van der Waals surface area (Å²) in [5, 5.41) is 5.51. The summed E-state index contributed by atoms with van der Waals surface area (Å²) >= 11 is 0.